The van der Waals surface area contributed by atoms with Gasteiger partial charge < -0.3 is 9.84 Å². The summed E-state index contributed by atoms with van der Waals surface area (Å²) in [4.78, 5) is 4.41. The monoisotopic (exact) mass is 227 g/mol. The standard InChI is InChI=1S/C11H17NO2S/c1-8-4-11(14-3)5-10(12-8)7-15-9(2)6-13/h4-5,9,13H,6-7H2,1-3H3. The van der Waals surface area contributed by atoms with E-state index in [-0.39, 0.29) is 11.9 Å². The molecule has 4 heteroatoms. The molecule has 0 aliphatic carbocycles. The van der Waals surface area contributed by atoms with Gasteiger partial charge in [-0.3, -0.25) is 4.98 Å². The number of aromatic nitrogens is 1. The van der Waals surface area contributed by atoms with E-state index >= 15 is 0 Å². The van der Waals surface area contributed by atoms with Gasteiger partial charge in [0, 0.05) is 28.8 Å². The number of pyridine rings is 1. The first kappa shape index (κ1) is 12.3. The Morgan fingerprint density at radius 2 is 2.27 bits per heavy atom. The van der Waals surface area contributed by atoms with Gasteiger partial charge >= 0.3 is 0 Å². The van der Waals surface area contributed by atoms with E-state index in [0.717, 1.165) is 22.9 Å². The fourth-order valence-electron chi connectivity index (χ4n) is 1.17. The molecule has 0 radical (unpaired) electrons. The molecule has 1 atom stereocenters. The van der Waals surface area contributed by atoms with Crippen molar-refractivity contribution in [2.75, 3.05) is 13.7 Å². The van der Waals surface area contributed by atoms with Crippen molar-refractivity contribution in [2.45, 2.75) is 24.9 Å². The molecule has 0 aromatic carbocycles. The molecule has 0 saturated heterocycles. The van der Waals surface area contributed by atoms with Crippen LogP contribution in [-0.2, 0) is 5.75 Å². The first-order valence-corrected chi connectivity index (χ1v) is 5.94. The largest absolute Gasteiger partial charge is 0.497 e. The third-order valence-electron chi connectivity index (χ3n) is 1.99. The molecule has 1 N–H and O–H groups in total. The van der Waals surface area contributed by atoms with Gasteiger partial charge in [0.15, 0.2) is 0 Å². The van der Waals surface area contributed by atoms with Gasteiger partial charge in [-0.2, -0.15) is 11.8 Å². The molecule has 15 heavy (non-hydrogen) atoms. The number of rotatable bonds is 5. The summed E-state index contributed by atoms with van der Waals surface area (Å²) in [6, 6.07) is 3.84. The summed E-state index contributed by atoms with van der Waals surface area (Å²) in [5, 5.41) is 9.15. The topological polar surface area (TPSA) is 42.4 Å². The molecule has 1 unspecified atom stereocenters. The number of aliphatic hydroxyl groups excluding tert-OH is 1. The van der Waals surface area contributed by atoms with Crippen molar-refractivity contribution in [3.63, 3.8) is 0 Å². The number of hydrogen-bond acceptors (Lipinski definition) is 4. The van der Waals surface area contributed by atoms with E-state index in [1.807, 2.05) is 26.0 Å². The highest BCUT2D eigenvalue weighted by Gasteiger charge is 2.04. The molecule has 1 heterocycles. The lowest BCUT2D eigenvalue weighted by Crippen LogP contribution is -2.03. The van der Waals surface area contributed by atoms with Gasteiger partial charge in [-0.25, -0.2) is 0 Å². The molecule has 0 bridgehead atoms. The Kier molecular flexibility index (Phi) is 4.91. The molecule has 0 aliphatic rings. The number of ether oxygens (including phenoxy) is 1. The van der Waals surface area contributed by atoms with Crippen LogP contribution in [0.15, 0.2) is 12.1 Å². The maximum absolute atomic E-state index is 8.90. The highest BCUT2D eigenvalue weighted by atomic mass is 32.2. The van der Waals surface area contributed by atoms with Crippen LogP contribution in [0.5, 0.6) is 5.75 Å². The normalized spacial score (nSPS) is 12.5. The van der Waals surface area contributed by atoms with Gasteiger partial charge in [0.1, 0.15) is 5.75 Å². The summed E-state index contributed by atoms with van der Waals surface area (Å²) in [5.74, 6) is 1.65. The second-order valence-corrected chi connectivity index (χ2v) is 4.87. The van der Waals surface area contributed by atoms with Crippen molar-refractivity contribution < 1.29 is 9.84 Å². The predicted molar refractivity (Wildman–Crippen MR) is 63.4 cm³/mol. The lowest BCUT2D eigenvalue weighted by Gasteiger charge is -2.08. The van der Waals surface area contributed by atoms with Crippen molar-refractivity contribution in [3.8, 4) is 5.75 Å². The Bertz CT molecular complexity index is 317. The highest BCUT2D eigenvalue weighted by molar-refractivity contribution is 7.99. The van der Waals surface area contributed by atoms with E-state index in [1.54, 1.807) is 18.9 Å². The molecule has 0 spiro atoms. The third kappa shape index (κ3) is 4.10. The Hall–Kier alpha value is -0.740. The quantitative estimate of drug-likeness (QED) is 0.835. The van der Waals surface area contributed by atoms with Crippen LogP contribution < -0.4 is 4.74 Å². The number of hydrogen-bond donors (Lipinski definition) is 1. The van der Waals surface area contributed by atoms with E-state index in [1.165, 1.54) is 0 Å². The molecular formula is C11H17NO2S. The van der Waals surface area contributed by atoms with Crippen molar-refractivity contribution in [1.29, 1.82) is 0 Å². The summed E-state index contributed by atoms with van der Waals surface area (Å²) >= 11 is 1.69. The van der Waals surface area contributed by atoms with Crippen LogP contribution in [-0.4, -0.2) is 29.1 Å². The summed E-state index contributed by atoms with van der Waals surface area (Å²) in [6.07, 6.45) is 0. The molecule has 0 fully saturated rings. The maximum Gasteiger partial charge on any atom is 0.122 e. The average Bonchev–Trinajstić information content (AvgIpc) is 2.25. The minimum absolute atomic E-state index is 0.202. The Morgan fingerprint density at radius 3 is 2.87 bits per heavy atom. The maximum atomic E-state index is 8.90. The third-order valence-corrected chi connectivity index (χ3v) is 3.17. The fraction of sp³-hybridized carbons (Fsp3) is 0.545. The highest BCUT2D eigenvalue weighted by Crippen LogP contribution is 2.20. The number of aryl methyl sites for hydroxylation is 1. The molecule has 3 nitrogen and oxygen atoms in total. The molecule has 84 valence electrons. The molecule has 0 aliphatic heterocycles. The van der Waals surface area contributed by atoms with Gasteiger partial charge in [-0.15, -0.1) is 0 Å². The zero-order valence-corrected chi connectivity index (χ0v) is 10.2. The van der Waals surface area contributed by atoms with Gasteiger partial charge in [-0.05, 0) is 6.92 Å². The summed E-state index contributed by atoms with van der Waals surface area (Å²) in [5.41, 5.74) is 1.96. The Labute approximate surface area is 94.9 Å². The molecule has 0 saturated carbocycles. The molecule has 1 aromatic heterocycles. The SMILES string of the molecule is COc1cc(C)nc(CSC(C)CO)c1. The van der Waals surface area contributed by atoms with Gasteiger partial charge in [0.25, 0.3) is 0 Å². The minimum atomic E-state index is 0.202. The number of nitrogens with zero attached hydrogens (tertiary/aromatic N) is 1. The van der Waals surface area contributed by atoms with Crippen LogP contribution >= 0.6 is 11.8 Å². The van der Waals surface area contributed by atoms with E-state index in [0.29, 0.717) is 0 Å². The van der Waals surface area contributed by atoms with Crippen LogP contribution in [0.4, 0.5) is 0 Å². The minimum Gasteiger partial charge on any atom is -0.497 e. The first-order valence-electron chi connectivity index (χ1n) is 4.89. The fourth-order valence-corrected chi connectivity index (χ4v) is 1.88. The lowest BCUT2D eigenvalue weighted by atomic mass is 10.3. The van der Waals surface area contributed by atoms with Crippen molar-refractivity contribution in [3.05, 3.63) is 23.5 Å². The number of aliphatic hydroxyl groups is 1. The zero-order valence-electron chi connectivity index (χ0n) is 9.36. The van der Waals surface area contributed by atoms with Crippen LogP contribution in [0.2, 0.25) is 0 Å². The van der Waals surface area contributed by atoms with Gasteiger partial charge in [-0.1, -0.05) is 6.92 Å². The van der Waals surface area contributed by atoms with Crippen LogP contribution in [0, 0.1) is 6.92 Å². The van der Waals surface area contributed by atoms with Crippen molar-refractivity contribution in [2.24, 2.45) is 0 Å². The predicted octanol–water partition coefficient (Wildman–Crippen LogP) is 2.01. The van der Waals surface area contributed by atoms with E-state index < -0.39 is 0 Å². The van der Waals surface area contributed by atoms with E-state index in [9.17, 15) is 0 Å². The summed E-state index contributed by atoms with van der Waals surface area (Å²) < 4.78 is 5.17. The van der Waals surface area contributed by atoms with Gasteiger partial charge in [0.05, 0.1) is 19.4 Å². The van der Waals surface area contributed by atoms with E-state index in [4.69, 9.17) is 9.84 Å². The molecule has 1 aromatic rings. The van der Waals surface area contributed by atoms with Crippen LogP contribution in [0.1, 0.15) is 18.3 Å². The smallest absolute Gasteiger partial charge is 0.122 e. The van der Waals surface area contributed by atoms with Gasteiger partial charge in [0.2, 0.25) is 0 Å². The van der Waals surface area contributed by atoms with E-state index in [2.05, 4.69) is 4.98 Å². The first-order chi connectivity index (χ1) is 7.15. The molecule has 1 rings (SSSR count). The number of methoxy groups -OCH3 is 1. The second-order valence-electron chi connectivity index (χ2n) is 3.44. The second kappa shape index (κ2) is 5.98. The summed E-state index contributed by atoms with van der Waals surface area (Å²) in [6.45, 7) is 4.15. The lowest BCUT2D eigenvalue weighted by molar-refractivity contribution is 0.300. The Morgan fingerprint density at radius 1 is 1.53 bits per heavy atom. The molecular weight excluding hydrogens is 210 g/mol. The summed E-state index contributed by atoms with van der Waals surface area (Å²) in [7, 11) is 1.65. The van der Waals surface area contributed by atoms with Crippen LogP contribution in [0.3, 0.4) is 0 Å². The molecule has 0 amide bonds. The van der Waals surface area contributed by atoms with Crippen molar-refractivity contribution in [1.82, 2.24) is 4.98 Å². The zero-order chi connectivity index (χ0) is 11.3. The van der Waals surface area contributed by atoms with Crippen molar-refractivity contribution >= 4 is 11.8 Å². The number of thioether (sulfide) groups is 1. The van der Waals surface area contributed by atoms with Crippen LogP contribution in [0.25, 0.3) is 0 Å². The average molecular weight is 227 g/mol. The Balaban J connectivity index is 2.64.